The molecule has 0 aromatic heterocycles. The van der Waals surface area contributed by atoms with Gasteiger partial charge < -0.3 is 9.47 Å². The number of esters is 2. The summed E-state index contributed by atoms with van der Waals surface area (Å²) in [6.45, 7) is 3.33. The van der Waals surface area contributed by atoms with E-state index in [9.17, 15) is 14.4 Å². The molecule has 0 spiro atoms. The molecule has 3 atom stereocenters. The van der Waals surface area contributed by atoms with Gasteiger partial charge in [-0.3, -0.25) is 14.4 Å². The predicted octanol–water partition coefficient (Wildman–Crippen LogP) is 1.96. The Labute approximate surface area is 129 Å². The molecule has 0 bridgehead atoms. The molecule has 1 aliphatic carbocycles. The Bertz CT molecular complexity index is 576. The number of ketones is 1. The van der Waals surface area contributed by atoms with E-state index in [1.54, 1.807) is 13.8 Å². The SMILES string of the molecule is COC(=O)C1(C(=O)OC)C(C)C(=O)[C@@H](C)[C@@H]1c1ccccc1. The predicted molar refractivity (Wildman–Crippen MR) is 79.0 cm³/mol. The number of carbonyl (C=O) groups excluding carboxylic acids is 3. The van der Waals surface area contributed by atoms with Crippen molar-refractivity contribution >= 4 is 17.7 Å². The molecule has 118 valence electrons. The second-order valence-electron chi connectivity index (χ2n) is 5.65. The van der Waals surface area contributed by atoms with Gasteiger partial charge in [-0.2, -0.15) is 0 Å². The van der Waals surface area contributed by atoms with Crippen molar-refractivity contribution in [2.45, 2.75) is 19.8 Å². The molecular formula is C17H20O5. The smallest absolute Gasteiger partial charge is 0.324 e. The summed E-state index contributed by atoms with van der Waals surface area (Å²) < 4.78 is 9.77. The summed E-state index contributed by atoms with van der Waals surface area (Å²) in [7, 11) is 2.44. The van der Waals surface area contributed by atoms with Gasteiger partial charge in [-0.25, -0.2) is 0 Å². The highest BCUT2D eigenvalue weighted by molar-refractivity contribution is 6.09. The van der Waals surface area contributed by atoms with Crippen LogP contribution in [0.3, 0.4) is 0 Å². The largest absolute Gasteiger partial charge is 0.468 e. The summed E-state index contributed by atoms with van der Waals surface area (Å²) in [5.74, 6) is -3.46. The van der Waals surface area contributed by atoms with E-state index in [-0.39, 0.29) is 5.78 Å². The van der Waals surface area contributed by atoms with E-state index in [2.05, 4.69) is 0 Å². The Morgan fingerprint density at radius 2 is 1.50 bits per heavy atom. The minimum Gasteiger partial charge on any atom is -0.468 e. The molecule has 0 heterocycles. The first-order valence-electron chi connectivity index (χ1n) is 7.18. The first-order valence-corrected chi connectivity index (χ1v) is 7.18. The van der Waals surface area contributed by atoms with Gasteiger partial charge in [-0.1, -0.05) is 44.2 Å². The van der Waals surface area contributed by atoms with Crippen molar-refractivity contribution in [2.75, 3.05) is 14.2 Å². The third kappa shape index (κ3) is 2.03. The topological polar surface area (TPSA) is 69.7 Å². The van der Waals surface area contributed by atoms with Gasteiger partial charge in [0.05, 0.1) is 14.2 Å². The molecule has 5 heteroatoms. The van der Waals surface area contributed by atoms with Crippen LogP contribution in [0.15, 0.2) is 30.3 Å². The van der Waals surface area contributed by atoms with Crippen LogP contribution < -0.4 is 0 Å². The number of rotatable bonds is 3. The van der Waals surface area contributed by atoms with Gasteiger partial charge in [-0.15, -0.1) is 0 Å². The van der Waals surface area contributed by atoms with Crippen molar-refractivity contribution in [3.8, 4) is 0 Å². The first-order chi connectivity index (χ1) is 10.4. The van der Waals surface area contributed by atoms with Crippen molar-refractivity contribution in [1.82, 2.24) is 0 Å². The Hall–Kier alpha value is -2.17. The summed E-state index contributed by atoms with van der Waals surface area (Å²) in [4.78, 5) is 37.6. The first kappa shape index (κ1) is 16.2. The molecule has 0 aliphatic heterocycles. The summed E-state index contributed by atoms with van der Waals surface area (Å²) in [6, 6.07) is 9.09. The van der Waals surface area contributed by atoms with Crippen LogP contribution in [-0.4, -0.2) is 31.9 Å². The number of carbonyl (C=O) groups is 3. The van der Waals surface area contributed by atoms with E-state index >= 15 is 0 Å². The lowest BCUT2D eigenvalue weighted by molar-refractivity contribution is -0.174. The molecule has 0 saturated heterocycles. The molecule has 0 radical (unpaired) electrons. The summed E-state index contributed by atoms with van der Waals surface area (Å²) >= 11 is 0. The van der Waals surface area contributed by atoms with Crippen LogP contribution >= 0.6 is 0 Å². The molecule has 0 N–H and O–H groups in total. The van der Waals surface area contributed by atoms with Gasteiger partial charge in [0.2, 0.25) is 0 Å². The van der Waals surface area contributed by atoms with Crippen LogP contribution in [0.25, 0.3) is 0 Å². The minimum absolute atomic E-state index is 0.135. The van der Waals surface area contributed by atoms with Gasteiger partial charge in [0.1, 0.15) is 5.78 Å². The van der Waals surface area contributed by atoms with Crippen LogP contribution in [0.2, 0.25) is 0 Å². The van der Waals surface area contributed by atoms with E-state index in [0.717, 1.165) is 5.56 Å². The number of hydrogen-bond donors (Lipinski definition) is 0. The normalized spacial score (nSPS) is 26.5. The molecule has 0 amide bonds. The number of hydrogen-bond acceptors (Lipinski definition) is 5. The maximum Gasteiger partial charge on any atom is 0.324 e. The number of benzene rings is 1. The maximum absolute atomic E-state index is 12.5. The van der Waals surface area contributed by atoms with Crippen LogP contribution in [0.1, 0.15) is 25.3 Å². The second kappa shape index (κ2) is 5.91. The lowest BCUT2D eigenvalue weighted by Gasteiger charge is -2.33. The molecule has 1 unspecified atom stereocenters. The Morgan fingerprint density at radius 3 is 1.95 bits per heavy atom. The monoisotopic (exact) mass is 304 g/mol. The number of methoxy groups -OCH3 is 2. The molecule has 1 fully saturated rings. The summed E-state index contributed by atoms with van der Waals surface area (Å²) in [6.07, 6.45) is 0. The van der Waals surface area contributed by atoms with Crippen LogP contribution in [0.5, 0.6) is 0 Å². The zero-order valence-electron chi connectivity index (χ0n) is 13.2. The van der Waals surface area contributed by atoms with E-state index in [1.165, 1.54) is 14.2 Å². The van der Waals surface area contributed by atoms with E-state index in [1.807, 2.05) is 30.3 Å². The average Bonchev–Trinajstić information content (AvgIpc) is 2.76. The van der Waals surface area contributed by atoms with Crippen molar-refractivity contribution < 1.29 is 23.9 Å². The minimum atomic E-state index is -1.64. The Morgan fingerprint density at radius 1 is 1.00 bits per heavy atom. The third-order valence-corrected chi connectivity index (χ3v) is 4.75. The summed E-state index contributed by atoms with van der Waals surface area (Å²) in [5, 5.41) is 0. The molecule has 1 aromatic rings. The van der Waals surface area contributed by atoms with E-state index in [4.69, 9.17) is 9.47 Å². The van der Waals surface area contributed by atoms with Gasteiger partial charge in [-0.05, 0) is 5.56 Å². The number of Topliss-reactive ketones (excluding diaryl/α,β-unsaturated/α-hetero) is 1. The average molecular weight is 304 g/mol. The van der Waals surface area contributed by atoms with Gasteiger partial charge in [0.25, 0.3) is 0 Å². The molecule has 1 aliphatic rings. The molecule has 5 nitrogen and oxygen atoms in total. The van der Waals surface area contributed by atoms with Gasteiger partial charge >= 0.3 is 11.9 Å². The fourth-order valence-electron chi connectivity index (χ4n) is 3.69. The lowest BCUT2D eigenvalue weighted by atomic mass is 9.68. The molecule has 1 aromatic carbocycles. The quantitative estimate of drug-likeness (QED) is 0.630. The van der Waals surface area contributed by atoms with E-state index in [0.29, 0.717) is 0 Å². The van der Waals surface area contributed by atoms with Crippen LogP contribution in [0.4, 0.5) is 0 Å². The Balaban J connectivity index is 2.72. The molecular weight excluding hydrogens is 284 g/mol. The highest BCUT2D eigenvalue weighted by atomic mass is 16.5. The molecule has 1 saturated carbocycles. The summed E-state index contributed by atoms with van der Waals surface area (Å²) in [5.41, 5.74) is -0.884. The third-order valence-electron chi connectivity index (χ3n) is 4.75. The standard InChI is InChI=1S/C17H20O5/c1-10-13(12-8-6-5-7-9-12)17(15(19)21-3,16(20)22-4)11(2)14(10)18/h5-11,13H,1-4H3/t10-,11?,13+/m0/s1. The fraction of sp³-hybridized carbons (Fsp3) is 0.471. The highest BCUT2D eigenvalue weighted by Crippen LogP contribution is 2.55. The zero-order chi connectivity index (χ0) is 16.5. The molecule has 22 heavy (non-hydrogen) atoms. The fourth-order valence-corrected chi connectivity index (χ4v) is 3.69. The number of ether oxygens (including phenoxy) is 2. The highest BCUT2D eigenvalue weighted by Gasteiger charge is 2.67. The van der Waals surface area contributed by atoms with Crippen molar-refractivity contribution in [1.29, 1.82) is 0 Å². The van der Waals surface area contributed by atoms with Crippen molar-refractivity contribution in [2.24, 2.45) is 17.3 Å². The molecule has 2 rings (SSSR count). The Kier molecular flexibility index (Phi) is 4.35. The van der Waals surface area contributed by atoms with Crippen LogP contribution in [-0.2, 0) is 23.9 Å². The zero-order valence-corrected chi connectivity index (χ0v) is 13.2. The maximum atomic E-state index is 12.5. The van der Waals surface area contributed by atoms with Gasteiger partial charge in [0, 0.05) is 17.8 Å². The van der Waals surface area contributed by atoms with Crippen molar-refractivity contribution in [3.63, 3.8) is 0 Å². The van der Waals surface area contributed by atoms with E-state index < -0.39 is 35.1 Å². The second-order valence-corrected chi connectivity index (χ2v) is 5.65. The van der Waals surface area contributed by atoms with Gasteiger partial charge in [0.15, 0.2) is 5.41 Å². The van der Waals surface area contributed by atoms with Crippen molar-refractivity contribution in [3.05, 3.63) is 35.9 Å². The van der Waals surface area contributed by atoms with Crippen LogP contribution in [0, 0.1) is 17.3 Å². The lowest BCUT2D eigenvalue weighted by Crippen LogP contribution is -2.48.